The largest absolute Gasteiger partial charge is 0.294 e. The van der Waals surface area contributed by atoms with Crippen molar-refractivity contribution < 1.29 is 17.8 Å². The van der Waals surface area contributed by atoms with E-state index in [1.54, 1.807) is 6.07 Å². The zero-order chi connectivity index (χ0) is 9.90. The normalized spacial score (nSPS) is 11.2. The van der Waals surface area contributed by atoms with Gasteiger partial charge in [-0.25, -0.2) is 0 Å². The van der Waals surface area contributed by atoms with E-state index in [9.17, 15) is 8.42 Å². The first kappa shape index (κ1) is 9.97. The van der Waals surface area contributed by atoms with Crippen molar-refractivity contribution in [2.24, 2.45) is 0 Å². The van der Waals surface area contributed by atoms with Crippen molar-refractivity contribution in [2.45, 2.75) is 4.90 Å². The average molecular weight is 203 g/mol. The topological polar surface area (TPSA) is 75.6 Å². The molecule has 1 aromatic rings. The standard InChI is InChI=1S/C7H9NO4S/c1-12-8-6-3-2-4-7(5-6)13(9,10)11/h2-5,8H,1H3,(H,9,10,11). The molecule has 2 N–H and O–H groups in total. The third-order valence-corrected chi connectivity index (χ3v) is 2.20. The highest BCUT2D eigenvalue weighted by molar-refractivity contribution is 7.85. The Hall–Kier alpha value is -1.11. The third-order valence-electron chi connectivity index (χ3n) is 1.35. The van der Waals surface area contributed by atoms with Crippen molar-refractivity contribution in [1.82, 2.24) is 0 Å². The maximum Gasteiger partial charge on any atom is 0.294 e. The Bertz CT molecular complexity index is 387. The number of nitrogens with one attached hydrogen (secondary N) is 1. The molecular weight excluding hydrogens is 194 g/mol. The molecule has 0 spiro atoms. The van der Waals surface area contributed by atoms with Crippen molar-refractivity contribution in [3.8, 4) is 0 Å². The van der Waals surface area contributed by atoms with Gasteiger partial charge in [0.25, 0.3) is 10.1 Å². The number of rotatable bonds is 3. The Balaban J connectivity index is 3.06. The van der Waals surface area contributed by atoms with E-state index in [-0.39, 0.29) is 4.90 Å². The molecule has 0 atom stereocenters. The Kier molecular flexibility index (Phi) is 2.86. The second-order valence-corrected chi connectivity index (χ2v) is 3.73. The molecule has 0 aromatic heterocycles. The van der Waals surface area contributed by atoms with Crippen LogP contribution in [0.25, 0.3) is 0 Å². The van der Waals surface area contributed by atoms with Crippen molar-refractivity contribution in [1.29, 1.82) is 0 Å². The first-order valence-corrected chi connectivity index (χ1v) is 4.84. The van der Waals surface area contributed by atoms with E-state index in [1.807, 2.05) is 0 Å². The monoisotopic (exact) mass is 203 g/mol. The van der Waals surface area contributed by atoms with E-state index < -0.39 is 10.1 Å². The highest BCUT2D eigenvalue weighted by atomic mass is 32.2. The minimum Gasteiger partial charge on any atom is -0.282 e. The van der Waals surface area contributed by atoms with Crippen LogP contribution in [0.3, 0.4) is 0 Å². The summed E-state index contributed by atoms with van der Waals surface area (Å²) in [6, 6.07) is 5.65. The molecule has 72 valence electrons. The van der Waals surface area contributed by atoms with Gasteiger partial charge in [0.2, 0.25) is 0 Å². The van der Waals surface area contributed by atoms with Gasteiger partial charge in [0, 0.05) is 0 Å². The van der Waals surface area contributed by atoms with Crippen LogP contribution in [0.4, 0.5) is 5.69 Å². The summed E-state index contributed by atoms with van der Waals surface area (Å²) in [5.41, 5.74) is 2.90. The van der Waals surface area contributed by atoms with Gasteiger partial charge in [0.05, 0.1) is 17.7 Å². The van der Waals surface area contributed by atoms with E-state index in [0.717, 1.165) is 0 Å². The van der Waals surface area contributed by atoms with Crippen LogP contribution in [-0.2, 0) is 15.0 Å². The molecule has 0 heterocycles. The van der Waals surface area contributed by atoms with E-state index in [2.05, 4.69) is 10.3 Å². The second-order valence-electron chi connectivity index (χ2n) is 2.31. The van der Waals surface area contributed by atoms with Crippen LogP contribution in [0.5, 0.6) is 0 Å². The van der Waals surface area contributed by atoms with Crippen LogP contribution >= 0.6 is 0 Å². The second kappa shape index (κ2) is 3.73. The Morgan fingerprint density at radius 3 is 2.69 bits per heavy atom. The molecule has 0 bridgehead atoms. The molecule has 0 aliphatic heterocycles. The fourth-order valence-corrected chi connectivity index (χ4v) is 1.36. The maximum atomic E-state index is 10.7. The molecule has 0 unspecified atom stereocenters. The lowest BCUT2D eigenvalue weighted by atomic mass is 10.3. The lowest BCUT2D eigenvalue weighted by Crippen LogP contribution is -2.00. The molecular formula is C7H9NO4S. The molecule has 0 saturated heterocycles. The minimum absolute atomic E-state index is 0.172. The summed E-state index contributed by atoms with van der Waals surface area (Å²) >= 11 is 0. The van der Waals surface area contributed by atoms with Gasteiger partial charge in [-0.2, -0.15) is 8.42 Å². The predicted molar refractivity (Wildman–Crippen MR) is 46.9 cm³/mol. The van der Waals surface area contributed by atoms with Gasteiger partial charge in [-0.15, -0.1) is 0 Å². The fourth-order valence-electron chi connectivity index (χ4n) is 0.838. The van der Waals surface area contributed by atoms with E-state index in [0.29, 0.717) is 5.69 Å². The molecule has 6 heteroatoms. The third kappa shape index (κ3) is 2.69. The van der Waals surface area contributed by atoms with Crippen molar-refractivity contribution in [3.63, 3.8) is 0 Å². The van der Waals surface area contributed by atoms with Crippen molar-refractivity contribution in [2.75, 3.05) is 12.6 Å². The number of benzene rings is 1. The summed E-state index contributed by atoms with van der Waals surface area (Å²) in [6.07, 6.45) is 0. The lowest BCUT2D eigenvalue weighted by Gasteiger charge is -2.03. The molecule has 0 radical (unpaired) electrons. The van der Waals surface area contributed by atoms with Crippen LogP contribution in [-0.4, -0.2) is 20.1 Å². The fraction of sp³-hybridized carbons (Fsp3) is 0.143. The molecule has 0 fully saturated rings. The van der Waals surface area contributed by atoms with Crippen molar-refractivity contribution in [3.05, 3.63) is 24.3 Å². The summed E-state index contributed by atoms with van der Waals surface area (Å²) in [5, 5.41) is 0. The van der Waals surface area contributed by atoms with Crippen LogP contribution in [0.1, 0.15) is 0 Å². The molecule has 1 rings (SSSR count). The Labute approximate surface area is 76.0 Å². The van der Waals surface area contributed by atoms with Gasteiger partial charge in [0.1, 0.15) is 0 Å². The Morgan fingerprint density at radius 2 is 2.15 bits per heavy atom. The SMILES string of the molecule is CONc1cccc(S(=O)(=O)O)c1. The number of anilines is 1. The zero-order valence-corrected chi connectivity index (χ0v) is 7.71. The number of hydrogen-bond acceptors (Lipinski definition) is 4. The van der Waals surface area contributed by atoms with Crippen LogP contribution in [0.2, 0.25) is 0 Å². The van der Waals surface area contributed by atoms with Gasteiger partial charge >= 0.3 is 0 Å². The van der Waals surface area contributed by atoms with Crippen LogP contribution in [0.15, 0.2) is 29.2 Å². The smallest absolute Gasteiger partial charge is 0.282 e. The highest BCUT2D eigenvalue weighted by Gasteiger charge is 2.08. The average Bonchev–Trinajstić information content (AvgIpc) is 2.04. The lowest BCUT2D eigenvalue weighted by molar-refractivity contribution is 0.271. The number of hydrogen-bond donors (Lipinski definition) is 2. The summed E-state index contributed by atoms with van der Waals surface area (Å²) in [4.78, 5) is 4.40. The molecule has 1 aromatic carbocycles. The summed E-state index contributed by atoms with van der Waals surface area (Å²) in [6.45, 7) is 0. The highest BCUT2D eigenvalue weighted by Crippen LogP contribution is 2.14. The van der Waals surface area contributed by atoms with Gasteiger partial charge < -0.3 is 0 Å². The molecule has 13 heavy (non-hydrogen) atoms. The van der Waals surface area contributed by atoms with E-state index in [4.69, 9.17) is 4.55 Å². The predicted octanol–water partition coefficient (Wildman–Crippen LogP) is 0.907. The van der Waals surface area contributed by atoms with Gasteiger partial charge in [-0.3, -0.25) is 14.9 Å². The quantitative estimate of drug-likeness (QED) is 0.564. The zero-order valence-electron chi connectivity index (χ0n) is 6.89. The molecule has 0 saturated carbocycles. The van der Waals surface area contributed by atoms with Gasteiger partial charge in [0.15, 0.2) is 0 Å². The van der Waals surface area contributed by atoms with E-state index in [1.165, 1.54) is 25.3 Å². The molecule has 5 nitrogen and oxygen atoms in total. The van der Waals surface area contributed by atoms with Gasteiger partial charge in [-0.1, -0.05) is 6.07 Å². The first-order chi connectivity index (χ1) is 6.04. The minimum atomic E-state index is -4.14. The maximum absolute atomic E-state index is 10.7. The summed E-state index contributed by atoms with van der Waals surface area (Å²) in [7, 11) is -2.74. The molecule has 0 amide bonds. The summed E-state index contributed by atoms with van der Waals surface area (Å²) in [5.74, 6) is 0. The van der Waals surface area contributed by atoms with Crippen LogP contribution in [0, 0.1) is 0 Å². The molecule has 0 aliphatic rings. The van der Waals surface area contributed by atoms with Crippen LogP contribution < -0.4 is 5.48 Å². The Morgan fingerprint density at radius 1 is 1.46 bits per heavy atom. The van der Waals surface area contributed by atoms with E-state index >= 15 is 0 Å². The van der Waals surface area contributed by atoms with Gasteiger partial charge in [-0.05, 0) is 18.2 Å². The molecule has 0 aliphatic carbocycles. The van der Waals surface area contributed by atoms with Crippen molar-refractivity contribution >= 4 is 15.8 Å². The first-order valence-electron chi connectivity index (χ1n) is 3.40. The summed E-state index contributed by atoms with van der Waals surface area (Å²) < 4.78 is 30.0.